The van der Waals surface area contributed by atoms with E-state index in [1.807, 2.05) is 11.8 Å². The Balaban J connectivity index is 2.79. The molecule has 1 atom stereocenters. The molecule has 0 aromatic heterocycles. The highest BCUT2D eigenvalue weighted by Crippen LogP contribution is 2.23. The van der Waals surface area contributed by atoms with Crippen LogP contribution in [0.15, 0.2) is 35.8 Å². The van der Waals surface area contributed by atoms with Gasteiger partial charge in [0.2, 0.25) is 0 Å². The number of ether oxygens (including phenoxy) is 2. The van der Waals surface area contributed by atoms with E-state index in [0.29, 0.717) is 19.5 Å². The summed E-state index contributed by atoms with van der Waals surface area (Å²) in [7, 11) is 0. The van der Waals surface area contributed by atoms with E-state index < -0.39 is 23.3 Å². The first-order valence-corrected chi connectivity index (χ1v) is 8.94. The van der Waals surface area contributed by atoms with Gasteiger partial charge in [-0.3, -0.25) is 0 Å². The maximum Gasteiger partial charge on any atom is 0.348 e. The average molecular weight is 383 g/mol. The van der Waals surface area contributed by atoms with Crippen LogP contribution in [-0.2, 0) is 19.1 Å². The van der Waals surface area contributed by atoms with Crippen molar-refractivity contribution in [3.05, 3.63) is 35.8 Å². The fraction of sp³-hybridized carbons (Fsp3) is 0.579. The summed E-state index contributed by atoms with van der Waals surface area (Å²) in [6, 6.07) is 0. The third-order valence-corrected chi connectivity index (χ3v) is 3.97. The molecule has 1 aliphatic heterocycles. The van der Waals surface area contributed by atoms with Crippen LogP contribution in [0.2, 0.25) is 0 Å². The van der Waals surface area contributed by atoms with Gasteiger partial charge in [0.25, 0.3) is 5.79 Å². The van der Waals surface area contributed by atoms with Crippen LogP contribution in [0.25, 0.3) is 0 Å². The zero-order chi connectivity index (χ0) is 20.4. The minimum atomic E-state index is -1.33. The van der Waals surface area contributed by atoms with Gasteiger partial charge >= 0.3 is 11.9 Å². The van der Waals surface area contributed by atoms with Crippen LogP contribution in [0.4, 0.5) is 0 Å². The van der Waals surface area contributed by atoms with Gasteiger partial charge in [0.1, 0.15) is 11.3 Å². The van der Waals surface area contributed by atoms with Gasteiger partial charge in [-0.2, -0.15) is 0 Å². The number of carbonyl (C=O) groups is 2. The molecular weight excluding hydrogens is 354 g/mol. The number of hydrogen-bond donors (Lipinski definition) is 3. The van der Waals surface area contributed by atoms with Crippen LogP contribution in [0.1, 0.15) is 33.6 Å². The van der Waals surface area contributed by atoms with E-state index in [2.05, 4.69) is 0 Å². The predicted octanol–water partition coefficient (Wildman–Crippen LogP) is 1.41. The van der Waals surface area contributed by atoms with Crippen molar-refractivity contribution in [3.8, 4) is 0 Å². The van der Waals surface area contributed by atoms with E-state index in [0.717, 1.165) is 12.5 Å². The van der Waals surface area contributed by atoms with Gasteiger partial charge in [0.05, 0.1) is 6.61 Å². The molecule has 0 radical (unpaired) electrons. The number of hydrogen-bond acceptors (Lipinski definition) is 8. The second-order valence-corrected chi connectivity index (χ2v) is 6.68. The molecular formula is C19H29NO7. The molecule has 0 saturated carbocycles. The quantitative estimate of drug-likeness (QED) is 0.170. The summed E-state index contributed by atoms with van der Waals surface area (Å²) in [5, 5.41) is 28.2. The standard InChI is InChI=1S/C19H29NO7/c1-4-14(7-10-21)13-20(9-11-22)8-5-6-15(23)12-16-17(24)26-19(2,3)27-18(16)25/h5-6,8,12,14,21-23H,4,7,9-11,13H2,1-3H3/b8-5+,15-6-. The maximum atomic E-state index is 11.8. The molecule has 0 aromatic carbocycles. The molecule has 1 fully saturated rings. The Hall–Kier alpha value is -2.32. The van der Waals surface area contributed by atoms with E-state index in [-0.39, 0.29) is 24.9 Å². The lowest BCUT2D eigenvalue weighted by atomic mass is 10.0. The molecule has 27 heavy (non-hydrogen) atoms. The van der Waals surface area contributed by atoms with E-state index in [9.17, 15) is 19.8 Å². The third kappa shape index (κ3) is 7.84. The highest BCUT2D eigenvalue weighted by molar-refractivity contribution is 6.15. The molecule has 8 heteroatoms. The van der Waals surface area contributed by atoms with Gasteiger partial charge in [-0.1, -0.05) is 13.3 Å². The summed E-state index contributed by atoms with van der Waals surface area (Å²) in [6.45, 7) is 6.03. The first-order valence-electron chi connectivity index (χ1n) is 8.94. The van der Waals surface area contributed by atoms with Crippen molar-refractivity contribution in [3.63, 3.8) is 0 Å². The second kappa shape index (κ2) is 10.7. The molecule has 0 aliphatic carbocycles. The summed E-state index contributed by atoms with van der Waals surface area (Å²) in [5.74, 6) is -3.10. The zero-order valence-electron chi connectivity index (χ0n) is 16.1. The molecule has 0 spiro atoms. The van der Waals surface area contributed by atoms with E-state index in [4.69, 9.17) is 14.6 Å². The van der Waals surface area contributed by atoms with Crippen LogP contribution in [0.5, 0.6) is 0 Å². The number of esters is 2. The molecule has 0 aromatic rings. The highest BCUT2D eigenvalue weighted by Gasteiger charge is 2.38. The monoisotopic (exact) mass is 383 g/mol. The van der Waals surface area contributed by atoms with E-state index >= 15 is 0 Å². The summed E-state index contributed by atoms with van der Waals surface area (Å²) >= 11 is 0. The van der Waals surface area contributed by atoms with Gasteiger partial charge in [0.15, 0.2) is 0 Å². The number of aliphatic hydroxyl groups is 3. The Morgan fingerprint density at radius 1 is 1.19 bits per heavy atom. The largest absolute Gasteiger partial charge is 0.508 e. The molecule has 1 unspecified atom stereocenters. The van der Waals surface area contributed by atoms with Gasteiger partial charge in [0, 0.05) is 39.6 Å². The number of allylic oxidation sites excluding steroid dienone is 3. The van der Waals surface area contributed by atoms with E-state index in [1.54, 1.807) is 6.20 Å². The Bertz CT molecular complexity index is 585. The van der Waals surface area contributed by atoms with Crippen molar-refractivity contribution in [2.75, 3.05) is 26.3 Å². The molecule has 0 amide bonds. The summed E-state index contributed by atoms with van der Waals surface area (Å²) in [6.07, 6.45) is 7.08. The molecule has 3 N–H and O–H groups in total. The average Bonchev–Trinajstić information content (AvgIpc) is 2.57. The smallest absolute Gasteiger partial charge is 0.348 e. The predicted molar refractivity (Wildman–Crippen MR) is 98.3 cm³/mol. The van der Waals surface area contributed by atoms with Crippen LogP contribution in [0, 0.1) is 5.92 Å². The minimum absolute atomic E-state index is 0.0346. The first-order chi connectivity index (χ1) is 12.7. The molecule has 1 aliphatic rings. The van der Waals surface area contributed by atoms with Crippen molar-refractivity contribution in [2.45, 2.75) is 39.4 Å². The summed E-state index contributed by atoms with van der Waals surface area (Å²) in [4.78, 5) is 25.5. The lowest BCUT2D eigenvalue weighted by molar-refractivity contribution is -0.222. The Morgan fingerprint density at radius 3 is 2.33 bits per heavy atom. The molecule has 0 bridgehead atoms. The SMILES string of the molecule is CCC(CCO)CN(/C=C/C=C(\O)C=C1C(=O)OC(C)(C)OC1=O)CCO. The lowest BCUT2D eigenvalue weighted by Gasteiger charge is -2.29. The lowest BCUT2D eigenvalue weighted by Crippen LogP contribution is -2.41. The van der Waals surface area contributed by atoms with Crippen LogP contribution < -0.4 is 0 Å². The number of rotatable bonds is 10. The number of cyclic esters (lactones) is 2. The van der Waals surface area contributed by atoms with Gasteiger partial charge in [-0.05, 0) is 30.7 Å². The van der Waals surface area contributed by atoms with E-state index in [1.165, 1.54) is 26.0 Å². The first kappa shape index (κ1) is 22.7. The van der Waals surface area contributed by atoms with Crippen molar-refractivity contribution < 1.29 is 34.4 Å². The van der Waals surface area contributed by atoms with Crippen molar-refractivity contribution in [2.24, 2.45) is 5.92 Å². The second-order valence-electron chi connectivity index (χ2n) is 6.68. The van der Waals surface area contributed by atoms with Gasteiger partial charge in [-0.25, -0.2) is 9.59 Å². The fourth-order valence-corrected chi connectivity index (χ4v) is 2.53. The molecule has 1 heterocycles. The summed E-state index contributed by atoms with van der Waals surface area (Å²) < 4.78 is 9.90. The van der Waals surface area contributed by atoms with Crippen LogP contribution in [0.3, 0.4) is 0 Å². The third-order valence-electron chi connectivity index (χ3n) is 3.97. The van der Waals surface area contributed by atoms with Gasteiger partial charge in [-0.15, -0.1) is 0 Å². The Morgan fingerprint density at radius 2 is 1.81 bits per heavy atom. The number of carbonyl (C=O) groups excluding carboxylic acids is 2. The van der Waals surface area contributed by atoms with Crippen molar-refractivity contribution >= 4 is 11.9 Å². The summed E-state index contributed by atoms with van der Waals surface area (Å²) in [5.41, 5.74) is -0.391. The minimum Gasteiger partial charge on any atom is -0.508 e. The number of aliphatic hydroxyl groups excluding tert-OH is 3. The van der Waals surface area contributed by atoms with Crippen molar-refractivity contribution in [1.29, 1.82) is 0 Å². The van der Waals surface area contributed by atoms with Gasteiger partial charge < -0.3 is 29.7 Å². The number of nitrogens with zero attached hydrogens (tertiary/aromatic N) is 1. The maximum absolute atomic E-state index is 11.8. The zero-order valence-corrected chi connectivity index (χ0v) is 16.1. The molecule has 1 saturated heterocycles. The molecule has 8 nitrogen and oxygen atoms in total. The van der Waals surface area contributed by atoms with Crippen molar-refractivity contribution in [1.82, 2.24) is 4.90 Å². The Labute approximate surface area is 159 Å². The molecule has 152 valence electrons. The topological polar surface area (TPSA) is 117 Å². The Kier molecular flexibility index (Phi) is 9.04. The normalized spacial score (nSPS) is 18.3. The fourth-order valence-electron chi connectivity index (χ4n) is 2.53. The van der Waals surface area contributed by atoms with Crippen LogP contribution >= 0.6 is 0 Å². The van der Waals surface area contributed by atoms with Crippen LogP contribution in [-0.4, -0.2) is 64.2 Å². The molecule has 1 rings (SSSR count). The highest BCUT2D eigenvalue weighted by atomic mass is 16.7.